The molecule has 1 N–H and O–H groups in total. The van der Waals surface area contributed by atoms with E-state index in [2.05, 4.69) is 17.3 Å². The van der Waals surface area contributed by atoms with Crippen molar-refractivity contribution < 1.29 is 9.21 Å². The first-order valence-electron chi connectivity index (χ1n) is 8.61. The maximum atomic E-state index is 12.7. The smallest absolute Gasteiger partial charge is 0.318 e. The predicted octanol–water partition coefficient (Wildman–Crippen LogP) is 3.65. The summed E-state index contributed by atoms with van der Waals surface area (Å²) in [5.74, 6) is 0.774. The third-order valence-electron chi connectivity index (χ3n) is 4.45. The van der Waals surface area contributed by atoms with Gasteiger partial charge in [-0.3, -0.25) is 4.68 Å². The number of carbonyl (C=O) groups is 1. The quantitative estimate of drug-likeness (QED) is 0.689. The highest BCUT2D eigenvalue weighted by Crippen LogP contribution is 2.15. The second-order valence-electron chi connectivity index (χ2n) is 6.27. The minimum absolute atomic E-state index is 0.0889. The zero-order valence-corrected chi connectivity index (χ0v) is 16.2. The molecule has 3 heterocycles. The predicted molar refractivity (Wildman–Crippen MR) is 102 cm³/mol. The summed E-state index contributed by atoms with van der Waals surface area (Å²) >= 11 is 1.65. The number of rotatable bonds is 7. The number of aromatic nitrogens is 2. The monoisotopic (exact) mass is 372 g/mol. The third kappa shape index (κ3) is 4.35. The number of furan rings is 1. The number of nitrogens with zero attached hydrogens (tertiary/aromatic N) is 3. The lowest BCUT2D eigenvalue weighted by atomic mass is 10.1. The van der Waals surface area contributed by atoms with E-state index >= 15 is 0 Å². The van der Waals surface area contributed by atoms with E-state index < -0.39 is 0 Å². The Bertz CT molecular complexity index is 801. The minimum atomic E-state index is -0.0889. The van der Waals surface area contributed by atoms with Gasteiger partial charge >= 0.3 is 6.03 Å². The molecule has 0 aliphatic rings. The summed E-state index contributed by atoms with van der Waals surface area (Å²) in [6.45, 7) is 5.64. The first-order chi connectivity index (χ1) is 12.5. The molecule has 3 rings (SSSR count). The highest BCUT2D eigenvalue weighted by molar-refractivity contribution is 7.09. The molecule has 26 heavy (non-hydrogen) atoms. The molecule has 0 spiro atoms. The SMILES string of the molecule is Cc1nn(C)c(C)c1CCNC(=O)N(Cc1ccco1)Cc1cccs1. The molecule has 3 aromatic rings. The topological polar surface area (TPSA) is 63.3 Å². The van der Waals surface area contributed by atoms with Crippen LogP contribution < -0.4 is 5.32 Å². The molecule has 0 aliphatic heterocycles. The minimum Gasteiger partial charge on any atom is -0.467 e. The first kappa shape index (κ1) is 18.3. The molecule has 0 unspecified atom stereocenters. The van der Waals surface area contributed by atoms with E-state index in [4.69, 9.17) is 4.42 Å². The van der Waals surface area contributed by atoms with Gasteiger partial charge in [0.2, 0.25) is 0 Å². The van der Waals surface area contributed by atoms with E-state index in [1.54, 1.807) is 22.5 Å². The Hall–Kier alpha value is -2.54. The van der Waals surface area contributed by atoms with Gasteiger partial charge in [-0.1, -0.05) is 6.07 Å². The average Bonchev–Trinajstić information content (AvgIpc) is 3.34. The van der Waals surface area contributed by atoms with E-state index in [9.17, 15) is 4.79 Å². The molecule has 0 aromatic carbocycles. The van der Waals surface area contributed by atoms with Gasteiger partial charge in [-0.15, -0.1) is 11.3 Å². The summed E-state index contributed by atoms with van der Waals surface area (Å²) in [4.78, 5) is 15.6. The van der Waals surface area contributed by atoms with Gasteiger partial charge in [0.25, 0.3) is 0 Å². The second-order valence-corrected chi connectivity index (χ2v) is 7.30. The Morgan fingerprint density at radius 1 is 1.31 bits per heavy atom. The number of aryl methyl sites for hydroxylation is 2. The molecule has 0 radical (unpaired) electrons. The normalized spacial score (nSPS) is 10.9. The van der Waals surface area contributed by atoms with E-state index in [-0.39, 0.29) is 6.03 Å². The van der Waals surface area contributed by atoms with Crippen LogP contribution in [0.2, 0.25) is 0 Å². The number of hydrogen-bond donors (Lipinski definition) is 1. The number of hydrogen-bond acceptors (Lipinski definition) is 4. The molecule has 0 saturated heterocycles. The van der Waals surface area contributed by atoms with Gasteiger partial charge < -0.3 is 14.6 Å². The molecule has 0 bridgehead atoms. The average molecular weight is 372 g/mol. The molecule has 2 amide bonds. The van der Waals surface area contributed by atoms with Crippen LogP contribution in [0.3, 0.4) is 0 Å². The van der Waals surface area contributed by atoms with Gasteiger partial charge in [0, 0.05) is 24.2 Å². The molecule has 0 aliphatic carbocycles. The van der Waals surface area contributed by atoms with Crippen LogP contribution in [0.25, 0.3) is 0 Å². The lowest BCUT2D eigenvalue weighted by Gasteiger charge is -2.21. The van der Waals surface area contributed by atoms with Crippen LogP contribution in [-0.2, 0) is 26.6 Å². The summed E-state index contributed by atoms with van der Waals surface area (Å²) in [5, 5.41) is 9.48. The van der Waals surface area contributed by atoms with Crippen LogP contribution >= 0.6 is 11.3 Å². The summed E-state index contributed by atoms with van der Waals surface area (Å²) in [6.07, 6.45) is 2.40. The van der Waals surface area contributed by atoms with Gasteiger partial charge in [0.15, 0.2) is 0 Å². The second kappa shape index (κ2) is 8.23. The van der Waals surface area contributed by atoms with E-state index in [0.29, 0.717) is 19.6 Å². The lowest BCUT2D eigenvalue weighted by molar-refractivity contribution is 0.188. The van der Waals surface area contributed by atoms with Gasteiger partial charge in [0.05, 0.1) is 25.0 Å². The van der Waals surface area contributed by atoms with Crippen molar-refractivity contribution in [3.63, 3.8) is 0 Å². The van der Waals surface area contributed by atoms with E-state index in [1.807, 2.05) is 48.3 Å². The van der Waals surface area contributed by atoms with Crippen molar-refractivity contribution in [3.05, 3.63) is 63.5 Å². The highest BCUT2D eigenvalue weighted by Gasteiger charge is 2.17. The van der Waals surface area contributed by atoms with Gasteiger partial charge in [-0.2, -0.15) is 5.10 Å². The summed E-state index contributed by atoms with van der Waals surface area (Å²) in [5.41, 5.74) is 3.36. The largest absolute Gasteiger partial charge is 0.467 e. The van der Waals surface area contributed by atoms with Crippen molar-refractivity contribution in [3.8, 4) is 0 Å². The Labute approximate surface area is 157 Å². The molecule has 138 valence electrons. The number of amides is 2. The Morgan fingerprint density at radius 2 is 2.15 bits per heavy atom. The number of carbonyl (C=O) groups excluding carboxylic acids is 1. The zero-order chi connectivity index (χ0) is 18.5. The van der Waals surface area contributed by atoms with Crippen molar-refractivity contribution in [1.29, 1.82) is 0 Å². The Kier molecular flexibility index (Phi) is 5.78. The number of nitrogens with one attached hydrogen (secondary N) is 1. The molecule has 0 fully saturated rings. The molecule has 0 saturated carbocycles. The fraction of sp³-hybridized carbons (Fsp3) is 0.368. The van der Waals surface area contributed by atoms with Crippen molar-refractivity contribution in [2.75, 3.05) is 6.54 Å². The van der Waals surface area contributed by atoms with Crippen molar-refractivity contribution >= 4 is 17.4 Å². The van der Waals surface area contributed by atoms with Crippen molar-refractivity contribution in [2.45, 2.75) is 33.4 Å². The fourth-order valence-corrected chi connectivity index (χ4v) is 3.69. The third-order valence-corrected chi connectivity index (χ3v) is 5.31. The Morgan fingerprint density at radius 3 is 2.77 bits per heavy atom. The van der Waals surface area contributed by atoms with Crippen molar-refractivity contribution in [2.24, 2.45) is 7.05 Å². The summed E-state index contributed by atoms with van der Waals surface area (Å²) < 4.78 is 7.29. The van der Waals surface area contributed by atoms with Crippen LogP contribution in [0.1, 0.15) is 27.6 Å². The number of thiophene rings is 1. The maximum Gasteiger partial charge on any atom is 0.318 e. The van der Waals surface area contributed by atoms with E-state index in [0.717, 1.165) is 28.4 Å². The van der Waals surface area contributed by atoms with Gasteiger partial charge in [-0.05, 0) is 49.4 Å². The molecule has 6 nitrogen and oxygen atoms in total. The molecule has 3 aromatic heterocycles. The van der Waals surface area contributed by atoms with Crippen molar-refractivity contribution in [1.82, 2.24) is 20.0 Å². The van der Waals surface area contributed by atoms with E-state index in [1.165, 1.54) is 5.56 Å². The number of urea groups is 1. The molecular weight excluding hydrogens is 348 g/mol. The lowest BCUT2D eigenvalue weighted by Crippen LogP contribution is -2.39. The van der Waals surface area contributed by atoms with Gasteiger partial charge in [-0.25, -0.2) is 4.79 Å². The zero-order valence-electron chi connectivity index (χ0n) is 15.4. The van der Waals surface area contributed by atoms with Crippen LogP contribution in [0.15, 0.2) is 40.3 Å². The Balaban J connectivity index is 1.61. The maximum absolute atomic E-state index is 12.7. The molecule has 7 heteroatoms. The summed E-state index contributed by atoms with van der Waals surface area (Å²) in [6, 6.07) is 7.67. The van der Waals surface area contributed by atoms with Crippen LogP contribution in [0.5, 0.6) is 0 Å². The van der Waals surface area contributed by atoms with Crippen LogP contribution in [0.4, 0.5) is 4.79 Å². The fourth-order valence-electron chi connectivity index (χ4n) is 2.97. The standard InChI is InChI=1S/C19H24N4O2S/c1-14-18(15(2)22(3)21-14)8-9-20-19(24)23(12-16-6-4-10-25-16)13-17-7-5-11-26-17/h4-7,10-11H,8-9,12-13H2,1-3H3,(H,20,24). The highest BCUT2D eigenvalue weighted by atomic mass is 32.1. The molecule has 0 atom stereocenters. The van der Waals surface area contributed by atoms with Crippen LogP contribution in [-0.4, -0.2) is 27.3 Å². The van der Waals surface area contributed by atoms with Gasteiger partial charge in [0.1, 0.15) is 5.76 Å². The van der Waals surface area contributed by atoms with Crippen LogP contribution in [0, 0.1) is 13.8 Å². The summed E-state index contributed by atoms with van der Waals surface area (Å²) in [7, 11) is 1.94. The first-order valence-corrected chi connectivity index (χ1v) is 9.49. The molecular formula is C19H24N4O2S.